The number of piperidine rings is 1. The minimum atomic E-state index is -0.168. The molecule has 2 saturated heterocycles. The number of ether oxygens (including phenoxy) is 1. The third-order valence-corrected chi connectivity index (χ3v) is 6.81. The smallest absolute Gasteiger partial charge is 0.245 e. The normalized spacial score (nSPS) is 20.4. The number of nitrogens with zero attached hydrogens (tertiary/aromatic N) is 3. The third-order valence-electron chi connectivity index (χ3n) is 6.81. The van der Waals surface area contributed by atoms with E-state index in [4.69, 9.17) is 4.74 Å². The molecule has 7 nitrogen and oxygen atoms in total. The maximum Gasteiger partial charge on any atom is 0.245 e. The van der Waals surface area contributed by atoms with Crippen molar-refractivity contribution in [1.82, 2.24) is 20.1 Å². The Morgan fingerprint density at radius 1 is 1.32 bits per heavy atom. The summed E-state index contributed by atoms with van der Waals surface area (Å²) in [5.41, 5.74) is 4.19. The first-order valence-electron chi connectivity index (χ1n) is 10.7. The molecule has 2 fully saturated rings. The zero-order chi connectivity index (χ0) is 21.6. The molecule has 160 valence electrons. The highest BCUT2D eigenvalue weighted by Crippen LogP contribution is 2.44. The van der Waals surface area contributed by atoms with Gasteiger partial charge in [0, 0.05) is 35.7 Å². The lowest BCUT2D eigenvalue weighted by molar-refractivity contribution is -0.130. The van der Waals surface area contributed by atoms with Gasteiger partial charge in [-0.1, -0.05) is 18.7 Å². The van der Waals surface area contributed by atoms with Crippen LogP contribution in [0.15, 0.2) is 43.0 Å². The van der Waals surface area contributed by atoms with Crippen molar-refractivity contribution in [2.75, 3.05) is 19.7 Å². The molecule has 1 amide bonds. The number of likely N-dealkylation sites (tertiary alicyclic amines) is 1. The van der Waals surface area contributed by atoms with Crippen LogP contribution in [0, 0.1) is 6.92 Å². The molecular formula is C24H26N4O3. The summed E-state index contributed by atoms with van der Waals surface area (Å²) in [5, 5.41) is 19.9. The van der Waals surface area contributed by atoms with Crippen LogP contribution in [0.4, 0.5) is 0 Å². The molecule has 4 heterocycles. The third kappa shape index (κ3) is 3.39. The molecule has 1 aromatic carbocycles. The van der Waals surface area contributed by atoms with Crippen LogP contribution in [0.5, 0.6) is 5.75 Å². The maximum atomic E-state index is 11.9. The van der Waals surface area contributed by atoms with Crippen LogP contribution >= 0.6 is 0 Å². The van der Waals surface area contributed by atoms with Crippen molar-refractivity contribution in [2.24, 2.45) is 0 Å². The number of para-hydroxylation sites is 1. The number of aromatic amines is 1. The minimum Gasteiger partial charge on any atom is -0.507 e. The first-order valence-corrected chi connectivity index (χ1v) is 10.7. The lowest BCUT2D eigenvalue weighted by atomic mass is 9.84. The van der Waals surface area contributed by atoms with Gasteiger partial charge in [-0.3, -0.25) is 4.79 Å². The number of fused-ring (bicyclic) bond motifs is 1. The largest absolute Gasteiger partial charge is 0.507 e. The number of nitrogens with one attached hydrogen (secondary N) is 1. The molecule has 5 rings (SSSR count). The van der Waals surface area contributed by atoms with Crippen molar-refractivity contribution in [3.05, 3.63) is 54.2 Å². The van der Waals surface area contributed by atoms with E-state index in [0.717, 1.165) is 41.6 Å². The molecular weight excluding hydrogens is 392 g/mol. The minimum absolute atomic E-state index is 0.00492. The maximum absolute atomic E-state index is 11.9. The molecule has 2 aromatic heterocycles. The highest BCUT2D eigenvalue weighted by Gasteiger charge is 2.44. The number of rotatable bonds is 3. The summed E-state index contributed by atoms with van der Waals surface area (Å²) < 4.78 is 6.32. The van der Waals surface area contributed by atoms with Crippen molar-refractivity contribution in [2.45, 2.75) is 37.7 Å². The summed E-state index contributed by atoms with van der Waals surface area (Å²) in [6.45, 7) is 7.75. The molecule has 31 heavy (non-hydrogen) atoms. The van der Waals surface area contributed by atoms with Gasteiger partial charge in [0.25, 0.3) is 0 Å². The number of carbonyl (C=O) groups excluding carboxylic acids is 1. The second-order valence-electron chi connectivity index (χ2n) is 8.60. The van der Waals surface area contributed by atoms with E-state index in [-0.39, 0.29) is 23.2 Å². The summed E-state index contributed by atoms with van der Waals surface area (Å²) in [4.78, 5) is 17.2. The quantitative estimate of drug-likeness (QED) is 0.633. The molecule has 0 bridgehead atoms. The van der Waals surface area contributed by atoms with Gasteiger partial charge in [0.1, 0.15) is 5.75 Å². The van der Waals surface area contributed by atoms with Gasteiger partial charge >= 0.3 is 0 Å². The Labute approximate surface area is 180 Å². The molecule has 1 atom stereocenters. The van der Waals surface area contributed by atoms with Gasteiger partial charge < -0.3 is 19.7 Å². The van der Waals surface area contributed by atoms with Gasteiger partial charge in [-0.25, -0.2) is 0 Å². The summed E-state index contributed by atoms with van der Waals surface area (Å²) in [6, 6.07) is 9.14. The Bertz CT molecular complexity index is 1160. The van der Waals surface area contributed by atoms with E-state index in [1.165, 1.54) is 6.08 Å². The molecule has 7 heteroatoms. The molecule has 2 aliphatic heterocycles. The van der Waals surface area contributed by atoms with E-state index in [0.29, 0.717) is 31.0 Å². The van der Waals surface area contributed by atoms with Crippen LogP contribution in [0.1, 0.15) is 36.4 Å². The lowest BCUT2D eigenvalue weighted by Gasteiger charge is -2.38. The van der Waals surface area contributed by atoms with Crippen molar-refractivity contribution in [1.29, 1.82) is 0 Å². The van der Waals surface area contributed by atoms with E-state index in [1.54, 1.807) is 12.1 Å². The fraction of sp³-hybridized carbons (Fsp3) is 0.375. The van der Waals surface area contributed by atoms with Crippen molar-refractivity contribution in [3.8, 4) is 17.0 Å². The average molecular weight is 418 g/mol. The number of aryl methyl sites for hydroxylation is 1. The van der Waals surface area contributed by atoms with Gasteiger partial charge in [-0.15, -0.1) is 10.2 Å². The topological polar surface area (TPSA) is 91.3 Å². The zero-order valence-electron chi connectivity index (χ0n) is 17.6. The lowest BCUT2D eigenvalue weighted by Crippen LogP contribution is -2.45. The molecule has 0 saturated carbocycles. The second kappa shape index (κ2) is 7.50. The Morgan fingerprint density at radius 3 is 2.84 bits per heavy atom. The number of aromatic nitrogens is 3. The van der Waals surface area contributed by atoms with E-state index < -0.39 is 0 Å². The number of carbonyl (C=O) groups is 1. The summed E-state index contributed by atoms with van der Waals surface area (Å²) >= 11 is 0. The summed E-state index contributed by atoms with van der Waals surface area (Å²) in [5.74, 6) is 0.441. The Morgan fingerprint density at radius 2 is 2.10 bits per heavy atom. The predicted octanol–water partition coefficient (Wildman–Crippen LogP) is 3.69. The number of aromatic hydroxyl groups is 1. The van der Waals surface area contributed by atoms with Crippen molar-refractivity contribution in [3.63, 3.8) is 0 Å². The van der Waals surface area contributed by atoms with E-state index in [2.05, 4.69) is 28.7 Å². The molecule has 0 unspecified atom stereocenters. The highest BCUT2D eigenvalue weighted by molar-refractivity contribution is 5.87. The van der Waals surface area contributed by atoms with Gasteiger partial charge in [0.05, 0.1) is 17.9 Å². The van der Waals surface area contributed by atoms with Crippen molar-refractivity contribution < 1.29 is 14.6 Å². The fourth-order valence-electron chi connectivity index (χ4n) is 5.01. The first-order chi connectivity index (χ1) is 15.0. The number of amides is 1. The highest BCUT2D eigenvalue weighted by atomic mass is 16.5. The van der Waals surface area contributed by atoms with Gasteiger partial charge in [-0.05, 0) is 56.0 Å². The fourth-order valence-corrected chi connectivity index (χ4v) is 5.01. The van der Waals surface area contributed by atoms with Gasteiger partial charge in [0.15, 0.2) is 5.65 Å². The van der Waals surface area contributed by atoms with Gasteiger partial charge in [0.2, 0.25) is 5.91 Å². The van der Waals surface area contributed by atoms with Crippen LogP contribution in [0.2, 0.25) is 0 Å². The van der Waals surface area contributed by atoms with Crippen molar-refractivity contribution >= 4 is 16.9 Å². The number of benzene rings is 1. The number of phenolic OH excluding ortho intramolecular Hbond substituents is 1. The van der Waals surface area contributed by atoms with Crippen LogP contribution in [-0.4, -0.2) is 56.4 Å². The Kier molecular flexibility index (Phi) is 4.78. The van der Waals surface area contributed by atoms with Crippen LogP contribution in [0.3, 0.4) is 0 Å². The first kappa shape index (κ1) is 19.8. The van der Waals surface area contributed by atoms with E-state index >= 15 is 0 Å². The number of H-pyrrole nitrogens is 1. The average Bonchev–Trinajstić information content (AvgIpc) is 3.35. The predicted molar refractivity (Wildman–Crippen MR) is 118 cm³/mol. The molecule has 2 aliphatic rings. The molecule has 0 radical (unpaired) electrons. The number of hydrogen-bond acceptors (Lipinski definition) is 5. The standard InChI is InChI=1S/C24H26N4O3/c1-3-21(30)28-10-8-24(9-11-28)13-16(14-31-24)22-15(2)18-12-19(26-27-23(18)25-22)17-6-4-5-7-20(17)29/h3-7,12,16,29H,1,8-11,13-14H2,2H3,(H,25,27)/t16-/m0/s1. The number of phenols is 1. The Hall–Kier alpha value is -3.19. The molecule has 2 N–H and O–H groups in total. The zero-order valence-corrected chi connectivity index (χ0v) is 17.6. The van der Waals surface area contributed by atoms with E-state index in [1.807, 2.05) is 23.1 Å². The van der Waals surface area contributed by atoms with Gasteiger partial charge in [-0.2, -0.15) is 0 Å². The van der Waals surface area contributed by atoms with Crippen LogP contribution in [-0.2, 0) is 9.53 Å². The number of hydrogen-bond donors (Lipinski definition) is 2. The summed E-state index contributed by atoms with van der Waals surface area (Å²) in [7, 11) is 0. The molecule has 1 spiro atoms. The monoisotopic (exact) mass is 418 g/mol. The summed E-state index contributed by atoms with van der Waals surface area (Å²) in [6.07, 6.45) is 4.00. The second-order valence-corrected chi connectivity index (χ2v) is 8.60. The van der Waals surface area contributed by atoms with Crippen LogP contribution in [0.25, 0.3) is 22.3 Å². The Balaban J connectivity index is 1.39. The molecule has 3 aromatic rings. The van der Waals surface area contributed by atoms with E-state index in [9.17, 15) is 9.90 Å². The SMILES string of the molecule is C=CC(=O)N1CCC2(CC1)C[C@H](c1[nH]c3nnc(-c4ccccc4O)cc3c1C)CO2. The van der Waals surface area contributed by atoms with Crippen LogP contribution < -0.4 is 0 Å². The molecule has 0 aliphatic carbocycles.